The van der Waals surface area contributed by atoms with E-state index in [1.807, 2.05) is 60.7 Å². The Morgan fingerprint density at radius 2 is 1.48 bits per heavy atom. The van der Waals surface area contributed by atoms with Crippen LogP contribution >= 0.6 is 31.9 Å². The monoisotopic (exact) mass is 403 g/mol. The predicted molar refractivity (Wildman–Crippen MR) is 93.7 cm³/mol. The Labute approximate surface area is 139 Å². The number of fused-ring (bicyclic) bond motifs is 1. The number of nitrogens with one attached hydrogen (secondary N) is 1. The van der Waals surface area contributed by atoms with Crippen LogP contribution in [0.3, 0.4) is 0 Å². The molecule has 4 heteroatoms. The summed E-state index contributed by atoms with van der Waals surface area (Å²) < 4.78 is 1.97. The van der Waals surface area contributed by atoms with E-state index in [1.165, 1.54) is 0 Å². The Bertz CT molecular complexity index is 813. The van der Waals surface area contributed by atoms with Crippen molar-refractivity contribution in [2.24, 2.45) is 0 Å². The molecule has 0 heterocycles. The normalized spacial score (nSPS) is 10.6. The number of carbonyl (C=O) groups excluding carboxylic acids is 1. The number of halogens is 2. The summed E-state index contributed by atoms with van der Waals surface area (Å²) in [5.41, 5.74) is 1.44. The maximum absolute atomic E-state index is 12.5. The molecule has 0 bridgehead atoms. The summed E-state index contributed by atoms with van der Waals surface area (Å²) in [5, 5.41) is 4.88. The van der Waals surface area contributed by atoms with Crippen molar-refractivity contribution in [3.05, 3.63) is 75.2 Å². The van der Waals surface area contributed by atoms with Gasteiger partial charge < -0.3 is 5.32 Å². The highest BCUT2D eigenvalue weighted by atomic mass is 79.9. The Balaban J connectivity index is 1.98. The van der Waals surface area contributed by atoms with E-state index in [2.05, 4.69) is 37.2 Å². The molecule has 1 amide bonds. The molecule has 2 nitrogen and oxygen atoms in total. The van der Waals surface area contributed by atoms with Gasteiger partial charge in [0, 0.05) is 20.2 Å². The molecule has 0 saturated carbocycles. The maximum atomic E-state index is 12.5. The van der Waals surface area contributed by atoms with Gasteiger partial charge in [0.1, 0.15) is 0 Å². The first-order valence-electron chi connectivity index (χ1n) is 6.39. The van der Waals surface area contributed by atoms with Gasteiger partial charge in [0.2, 0.25) is 0 Å². The number of rotatable bonds is 2. The summed E-state index contributed by atoms with van der Waals surface area (Å²) in [6, 6.07) is 19.1. The van der Waals surface area contributed by atoms with Crippen molar-refractivity contribution in [1.82, 2.24) is 0 Å². The Hall–Kier alpha value is -1.65. The highest BCUT2D eigenvalue weighted by Gasteiger charge is 2.11. The third-order valence-corrected chi connectivity index (χ3v) is 4.44. The van der Waals surface area contributed by atoms with E-state index < -0.39 is 0 Å². The van der Waals surface area contributed by atoms with E-state index in [9.17, 15) is 4.79 Å². The second kappa shape index (κ2) is 6.00. The van der Waals surface area contributed by atoms with Crippen LogP contribution in [0, 0.1) is 0 Å². The number of hydrogen-bond acceptors (Lipinski definition) is 1. The highest BCUT2D eigenvalue weighted by Crippen LogP contribution is 2.27. The summed E-state index contributed by atoms with van der Waals surface area (Å²) in [6.45, 7) is 0. The fraction of sp³-hybridized carbons (Fsp3) is 0. The molecule has 0 aliphatic carbocycles. The van der Waals surface area contributed by atoms with Gasteiger partial charge in [-0.15, -0.1) is 0 Å². The van der Waals surface area contributed by atoms with Crippen LogP contribution in [0.1, 0.15) is 10.4 Å². The van der Waals surface area contributed by atoms with Gasteiger partial charge in [-0.3, -0.25) is 4.79 Å². The summed E-state index contributed by atoms with van der Waals surface area (Å²) in [6.07, 6.45) is 0. The van der Waals surface area contributed by atoms with Crippen molar-refractivity contribution in [3.8, 4) is 0 Å². The first-order chi connectivity index (χ1) is 10.1. The van der Waals surface area contributed by atoms with Gasteiger partial charge in [-0.05, 0) is 47.2 Å². The van der Waals surface area contributed by atoms with Gasteiger partial charge in [0.25, 0.3) is 5.91 Å². The largest absolute Gasteiger partial charge is 0.322 e. The molecule has 0 atom stereocenters. The molecule has 0 aliphatic rings. The molecule has 0 unspecified atom stereocenters. The van der Waals surface area contributed by atoms with E-state index in [-0.39, 0.29) is 5.91 Å². The molecule has 104 valence electrons. The predicted octanol–water partition coefficient (Wildman–Crippen LogP) is 5.62. The van der Waals surface area contributed by atoms with Crippen LogP contribution in [-0.2, 0) is 0 Å². The Morgan fingerprint density at radius 1 is 0.810 bits per heavy atom. The highest BCUT2D eigenvalue weighted by molar-refractivity contribution is 9.11. The van der Waals surface area contributed by atoms with Crippen molar-refractivity contribution < 1.29 is 4.79 Å². The molecule has 0 aliphatic heterocycles. The van der Waals surface area contributed by atoms with Gasteiger partial charge in [0.05, 0.1) is 0 Å². The van der Waals surface area contributed by atoms with E-state index >= 15 is 0 Å². The average Bonchev–Trinajstić information content (AvgIpc) is 2.49. The molecule has 3 aromatic carbocycles. The van der Waals surface area contributed by atoms with Gasteiger partial charge >= 0.3 is 0 Å². The number of anilines is 1. The lowest BCUT2D eigenvalue weighted by molar-refractivity contribution is 0.102. The molecular weight excluding hydrogens is 394 g/mol. The molecular formula is C17H11Br2NO. The lowest BCUT2D eigenvalue weighted by atomic mass is 10.0. The van der Waals surface area contributed by atoms with Gasteiger partial charge in [-0.25, -0.2) is 0 Å². The van der Waals surface area contributed by atoms with Crippen molar-refractivity contribution in [1.29, 1.82) is 0 Å². The summed E-state index contributed by atoms with van der Waals surface area (Å²) >= 11 is 6.90. The minimum Gasteiger partial charge on any atom is -0.322 e. The molecule has 21 heavy (non-hydrogen) atoms. The van der Waals surface area contributed by atoms with Gasteiger partial charge in [-0.2, -0.15) is 0 Å². The van der Waals surface area contributed by atoms with Crippen LogP contribution in [0.15, 0.2) is 69.6 Å². The van der Waals surface area contributed by atoms with E-state index in [4.69, 9.17) is 0 Å². The first-order valence-corrected chi connectivity index (χ1v) is 7.98. The SMILES string of the molecule is O=C(Nc1ccc(Br)cc1)c1cccc2c(Br)cccc12. The molecule has 0 saturated heterocycles. The van der Waals surface area contributed by atoms with Crippen LogP contribution in [-0.4, -0.2) is 5.91 Å². The minimum absolute atomic E-state index is 0.110. The smallest absolute Gasteiger partial charge is 0.256 e. The zero-order valence-electron chi connectivity index (χ0n) is 10.9. The summed E-state index contributed by atoms with van der Waals surface area (Å²) in [5.74, 6) is -0.110. The molecule has 1 N–H and O–H groups in total. The van der Waals surface area contributed by atoms with Crippen LogP contribution in [0.4, 0.5) is 5.69 Å². The molecule has 3 aromatic rings. The summed E-state index contributed by atoms with van der Waals surface area (Å²) in [4.78, 5) is 12.5. The maximum Gasteiger partial charge on any atom is 0.256 e. The minimum atomic E-state index is -0.110. The molecule has 0 aromatic heterocycles. The zero-order valence-corrected chi connectivity index (χ0v) is 14.1. The molecule has 0 fully saturated rings. The van der Waals surface area contributed by atoms with E-state index in [1.54, 1.807) is 0 Å². The fourth-order valence-corrected chi connectivity index (χ4v) is 2.96. The van der Waals surface area contributed by atoms with Crippen molar-refractivity contribution in [2.45, 2.75) is 0 Å². The number of carbonyl (C=O) groups is 1. The Kier molecular flexibility index (Phi) is 4.08. The standard InChI is InChI=1S/C17H11Br2NO/c18-11-7-9-12(10-8-11)20-17(21)15-5-1-4-14-13(15)3-2-6-16(14)19/h1-10H,(H,20,21). The second-order valence-electron chi connectivity index (χ2n) is 4.60. The van der Waals surface area contributed by atoms with Crippen molar-refractivity contribution >= 4 is 54.2 Å². The van der Waals surface area contributed by atoms with Crippen LogP contribution in [0.2, 0.25) is 0 Å². The van der Waals surface area contributed by atoms with Crippen LogP contribution < -0.4 is 5.32 Å². The Morgan fingerprint density at radius 3 is 2.24 bits per heavy atom. The van der Waals surface area contributed by atoms with Gasteiger partial charge in [0.15, 0.2) is 0 Å². The van der Waals surface area contributed by atoms with Crippen molar-refractivity contribution in [2.75, 3.05) is 5.32 Å². The second-order valence-corrected chi connectivity index (χ2v) is 6.37. The third-order valence-electron chi connectivity index (χ3n) is 3.22. The number of amides is 1. The summed E-state index contributed by atoms with van der Waals surface area (Å²) in [7, 11) is 0. The van der Waals surface area contributed by atoms with E-state index in [0.29, 0.717) is 5.56 Å². The third kappa shape index (κ3) is 3.01. The lowest BCUT2D eigenvalue weighted by Crippen LogP contribution is -2.12. The van der Waals surface area contributed by atoms with Crippen LogP contribution in [0.5, 0.6) is 0 Å². The molecule has 3 rings (SSSR count). The number of benzene rings is 3. The average molecular weight is 405 g/mol. The van der Waals surface area contributed by atoms with Crippen molar-refractivity contribution in [3.63, 3.8) is 0 Å². The zero-order chi connectivity index (χ0) is 14.8. The number of hydrogen-bond donors (Lipinski definition) is 1. The topological polar surface area (TPSA) is 29.1 Å². The first kappa shape index (κ1) is 14.3. The lowest BCUT2D eigenvalue weighted by Gasteiger charge is -2.09. The molecule has 0 spiro atoms. The van der Waals surface area contributed by atoms with E-state index in [0.717, 1.165) is 25.4 Å². The van der Waals surface area contributed by atoms with Gasteiger partial charge in [-0.1, -0.05) is 56.1 Å². The fourth-order valence-electron chi connectivity index (χ4n) is 2.20. The van der Waals surface area contributed by atoms with Crippen LogP contribution in [0.25, 0.3) is 10.8 Å². The quantitative estimate of drug-likeness (QED) is 0.590. The molecule has 0 radical (unpaired) electrons.